The van der Waals surface area contributed by atoms with Crippen LogP contribution in [0.2, 0.25) is 0 Å². The number of hydrogen-bond acceptors (Lipinski definition) is 0. The quantitative estimate of drug-likeness (QED) is 0.675. The van der Waals surface area contributed by atoms with Crippen LogP contribution in [0.25, 0.3) is 0 Å². The molecule has 0 nitrogen and oxygen atoms in total. The van der Waals surface area contributed by atoms with Gasteiger partial charge in [0.15, 0.2) is 0 Å². The van der Waals surface area contributed by atoms with Gasteiger partial charge in [0.1, 0.15) is 4.33 Å². The highest BCUT2D eigenvalue weighted by Crippen LogP contribution is 2.32. The second-order valence-electron chi connectivity index (χ2n) is 3.74. The van der Waals surface area contributed by atoms with Gasteiger partial charge in [0, 0.05) is 6.42 Å². The largest absolute Gasteiger partial charge is 0.140 e. The Hall–Kier alpha value is -0.720. The summed E-state index contributed by atoms with van der Waals surface area (Å²) in [5.41, 5.74) is 2.59. The standard InChI is InChI=1S/C13H12Cl2/c14-13(15)8-6-12(7-9-13)10-11-4-2-1-3-5-11/h1-8H,9-10H2. The molecule has 1 aromatic carbocycles. The maximum Gasteiger partial charge on any atom is 0.140 e. The lowest BCUT2D eigenvalue weighted by Crippen LogP contribution is -2.10. The Labute approximate surface area is 100 Å². The van der Waals surface area contributed by atoms with E-state index in [-0.39, 0.29) is 0 Å². The topological polar surface area (TPSA) is 0 Å². The van der Waals surface area contributed by atoms with Crippen molar-refractivity contribution in [3.05, 3.63) is 59.7 Å². The van der Waals surface area contributed by atoms with Gasteiger partial charge >= 0.3 is 0 Å². The molecule has 0 atom stereocenters. The SMILES string of the molecule is ClC1(Cl)C=CC(Cc2ccccc2)=CC1. The molecule has 0 N–H and O–H groups in total. The van der Waals surface area contributed by atoms with Gasteiger partial charge in [0.05, 0.1) is 0 Å². The zero-order chi connectivity index (χ0) is 10.7. The third kappa shape index (κ3) is 3.12. The highest BCUT2D eigenvalue weighted by molar-refractivity contribution is 6.50. The molecule has 0 saturated carbocycles. The summed E-state index contributed by atoms with van der Waals surface area (Å²) in [6.45, 7) is 0. The minimum Gasteiger partial charge on any atom is -0.0966 e. The van der Waals surface area contributed by atoms with Gasteiger partial charge in [0.2, 0.25) is 0 Å². The number of halogens is 2. The minimum atomic E-state index is -0.708. The van der Waals surface area contributed by atoms with Gasteiger partial charge in [-0.25, -0.2) is 0 Å². The molecule has 0 heterocycles. The van der Waals surface area contributed by atoms with Crippen LogP contribution in [0.1, 0.15) is 12.0 Å². The Morgan fingerprint density at radius 2 is 1.87 bits per heavy atom. The average molecular weight is 239 g/mol. The molecule has 15 heavy (non-hydrogen) atoms. The summed E-state index contributed by atoms with van der Waals surface area (Å²) in [4.78, 5) is 0. The molecule has 0 aliphatic heterocycles. The van der Waals surface area contributed by atoms with Crippen molar-refractivity contribution in [3.63, 3.8) is 0 Å². The summed E-state index contributed by atoms with van der Waals surface area (Å²) >= 11 is 11.9. The highest BCUT2D eigenvalue weighted by Gasteiger charge is 2.21. The second-order valence-corrected chi connectivity index (χ2v) is 5.28. The average Bonchev–Trinajstić information content (AvgIpc) is 2.23. The first-order valence-electron chi connectivity index (χ1n) is 4.96. The van der Waals surface area contributed by atoms with Gasteiger partial charge in [-0.2, -0.15) is 0 Å². The summed E-state index contributed by atoms with van der Waals surface area (Å²) in [6.07, 6.45) is 7.61. The minimum absolute atomic E-state index is 0.689. The summed E-state index contributed by atoms with van der Waals surface area (Å²) in [7, 11) is 0. The lowest BCUT2D eigenvalue weighted by Gasteiger charge is -2.17. The van der Waals surface area contributed by atoms with Crippen LogP contribution in [0.15, 0.2) is 54.1 Å². The fraction of sp³-hybridized carbons (Fsp3) is 0.231. The van der Waals surface area contributed by atoms with Crippen LogP contribution in [0.4, 0.5) is 0 Å². The fourth-order valence-corrected chi connectivity index (χ4v) is 1.88. The van der Waals surface area contributed by atoms with Crippen LogP contribution in [0.3, 0.4) is 0 Å². The summed E-state index contributed by atoms with van der Waals surface area (Å²) in [5, 5.41) is 0. The van der Waals surface area contributed by atoms with Crippen molar-refractivity contribution < 1.29 is 0 Å². The van der Waals surface area contributed by atoms with Crippen LogP contribution in [-0.2, 0) is 6.42 Å². The van der Waals surface area contributed by atoms with Gasteiger partial charge in [-0.1, -0.05) is 65.7 Å². The molecular weight excluding hydrogens is 227 g/mol. The van der Waals surface area contributed by atoms with Crippen LogP contribution in [0, 0.1) is 0 Å². The van der Waals surface area contributed by atoms with Gasteiger partial charge in [-0.15, -0.1) is 0 Å². The van der Waals surface area contributed by atoms with Gasteiger partial charge in [-0.3, -0.25) is 0 Å². The van der Waals surface area contributed by atoms with Crippen molar-refractivity contribution in [2.45, 2.75) is 17.2 Å². The zero-order valence-corrected chi connectivity index (χ0v) is 9.80. The molecule has 0 bridgehead atoms. The van der Waals surface area contributed by atoms with E-state index in [0.717, 1.165) is 6.42 Å². The lowest BCUT2D eigenvalue weighted by atomic mass is 9.99. The Kier molecular flexibility index (Phi) is 3.18. The van der Waals surface area contributed by atoms with Crippen molar-refractivity contribution >= 4 is 23.2 Å². The predicted molar refractivity (Wildman–Crippen MR) is 66.4 cm³/mol. The zero-order valence-electron chi connectivity index (χ0n) is 8.29. The second kappa shape index (κ2) is 4.42. The van der Waals surface area contributed by atoms with Crippen molar-refractivity contribution in [2.75, 3.05) is 0 Å². The summed E-state index contributed by atoms with van der Waals surface area (Å²) < 4.78 is -0.708. The van der Waals surface area contributed by atoms with Crippen molar-refractivity contribution in [1.82, 2.24) is 0 Å². The van der Waals surface area contributed by atoms with E-state index in [9.17, 15) is 0 Å². The van der Waals surface area contributed by atoms with Gasteiger partial charge < -0.3 is 0 Å². The molecule has 1 aliphatic carbocycles. The number of rotatable bonds is 2. The van der Waals surface area contributed by atoms with Crippen molar-refractivity contribution in [3.8, 4) is 0 Å². The van der Waals surface area contributed by atoms with E-state index in [4.69, 9.17) is 23.2 Å². The molecule has 2 heteroatoms. The highest BCUT2D eigenvalue weighted by atomic mass is 35.5. The smallest absolute Gasteiger partial charge is 0.0966 e. The molecule has 0 spiro atoms. The van der Waals surface area contributed by atoms with Crippen molar-refractivity contribution in [1.29, 1.82) is 0 Å². The molecule has 0 unspecified atom stereocenters. The maximum atomic E-state index is 5.97. The molecule has 1 aliphatic rings. The molecule has 0 aromatic heterocycles. The summed E-state index contributed by atoms with van der Waals surface area (Å²) in [5.74, 6) is 0. The third-order valence-electron chi connectivity index (χ3n) is 2.43. The number of benzene rings is 1. The Morgan fingerprint density at radius 3 is 2.47 bits per heavy atom. The Balaban J connectivity index is 2.04. The van der Waals surface area contributed by atoms with E-state index in [1.54, 1.807) is 0 Å². The van der Waals surface area contributed by atoms with Crippen LogP contribution in [0.5, 0.6) is 0 Å². The van der Waals surface area contributed by atoms with E-state index in [0.29, 0.717) is 6.42 Å². The molecule has 78 valence electrons. The van der Waals surface area contributed by atoms with E-state index in [1.807, 2.05) is 18.2 Å². The molecule has 0 radical (unpaired) electrons. The normalized spacial score (nSPS) is 18.7. The molecular formula is C13H12Cl2. The lowest BCUT2D eigenvalue weighted by molar-refractivity contribution is 0.934. The number of allylic oxidation sites excluding steroid dienone is 4. The van der Waals surface area contributed by atoms with Gasteiger partial charge in [-0.05, 0) is 23.6 Å². The first kappa shape index (κ1) is 10.8. The Morgan fingerprint density at radius 1 is 1.13 bits per heavy atom. The molecule has 0 fully saturated rings. The maximum absolute atomic E-state index is 5.97. The van der Waals surface area contributed by atoms with E-state index in [1.165, 1.54) is 11.1 Å². The van der Waals surface area contributed by atoms with E-state index >= 15 is 0 Å². The van der Waals surface area contributed by atoms with E-state index < -0.39 is 4.33 Å². The predicted octanol–water partition coefficient (Wildman–Crippen LogP) is 4.29. The van der Waals surface area contributed by atoms with Crippen LogP contribution >= 0.6 is 23.2 Å². The molecule has 0 saturated heterocycles. The fourth-order valence-electron chi connectivity index (χ4n) is 1.59. The molecule has 1 aromatic rings. The number of alkyl halides is 2. The first-order valence-corrected chi connectivity index (χ1v) is 5.71. The van der Waals surface area contributed by atoms with Crippen LogP contribution < -0.4 is 0 Å². The van der Waals surface area contributed by atoms with E-state index in [2.05, 4.69) is 30.3 Å². The monoisotopic (exact) mass is 238 g/mol. The van der Waals surface area contributed by atoms with Crippen molar-refractivity contribution in [2.24, 2.45) is 0 Å². The molecule has 2 rings (SSSR count). The molecule has 0 amide bonds. The first-order chi connectivity index (χ1) is 7.16. The Bertz CT molecular complexity index is 388. The van der Waals surface area contributed by atoms with Gasteiger partial charge in [0.25, 0.3) is 0 Å². The third-order valence-corrected chi connectivity index (χ3v) is 2.99. The summed E-state index contributed by atoms with van der Waals surface area (Å²) in [6, 6.07) is 10.4. The number of hydrogen-bond donors (Lipinski definition) is 0. The van der Waals surface area contributed by atoms with Crippen LogP contribution in [-0.4, -0.2) is 4.33 Å².